The van der Waals surface area contributed by atoms with Crippen LogP contribution in [0, 0.1) is 6.92 Å². The van der Waals surface area contributed by atoms with Crippen LogP contribution < -0.4 is 20.5 Å². The molecule has 12 heteroatoms. The Balaban J connectivity index is 1.59. The van der Waals surface area contributed by atoms with E-state index in [9.17, 15) is 22.8 Å². The molecule has 2 aromatic carbocycles. The number of halogens is 3. The number of benzene rings is 2. The van der Waals surface area contributed by atoms with E-state index in [-0.39, 0.29) is 18.4 Å². The number of carbonyl (C=O) groups is 1. The van der Waals surface area contributed by atoms with Gasteiger partial charge in [-0.1, -0.05) is 17.2 Å². The molecule has 0 aliphatic rings. The van der Waals surface area contributed by atoms with Crippen LogP contribution in [0.15, 0.2) is 51.7 Å². The van der Waals surface area contributed by atoms with E-state index in [2.05, 4.69) is 15.2 Å². The third-order valence-electron chi connectivity index (χ3n) is 3.92. The number of hydrogen-bond acceptors (Lipinski definition) is 7. The third-order valence-corrected chi connectivity index (χ3v) is 3.92. The second-order valence-electron chi connectivity index (χ2n) is 6.14. The number of methoxy groups -OCH3 is 1. The van der Waals surface area contributed by atoms with Crippen molar-refractivity contribution in [3.8, 4) is 17.5 Å². The normalized spacial score (nSPS) is 11.1. The number of anilines is 1. The molecule has 0 spiro atoms. The molecule has 0 bridgehead atoms. The predicted octanol–water partition coefficient (Wildman–Crippen LogP) is 3.79. The number of nitrogens with zero attached hydrogens (tertiary/aromatic N) is 2. The number of ether oxygens (including phenoxy) is 3. The molecule has 164 valence electrons. The largest absolute Gasteiger partial charge is 0.573 e. The van der Waals surface area contributed by atoms with Gasteiger partial charge < -0.3 is 18.6 Å². The SMILES string of the molecule is COc1nn(-c2ccc(NC(=O)OCc3ccc(OC(F)(F)F)cc3)c(C)c2)c(=O)o1. The van der Waals surface area contributed by atoms with Crippen molar-refractivity contribution in [2.75, 3.05) is 12.4 Å². The summed E-state index contributed by atoms with van der Waals surface area (Å²) in [6.45, 7) is 1.53. The maximum atomic E-state index is 12.2. The highest BCUT2D eigenvalue weighted by atomic mass is 19.4. The lowest BCUT2D eigenvalue weighted by Gasteiger charge is -2.11. The summed E-state index contributed by atoms with van der Waals surface area (Å²) in [5.41, 5.74) is 1.90. The zero-order chi connectivity index (χ0) is 22.6. The van der Waals surface area contributed by atoms with Crippen molar-refractivity contribution < 1.29 is 36.6 Å². The second-order valence-corrected chi connectivity index (χ2v) is 6.14. The van der Waals surface area contributed by atoms with Crippen LogP contribution >= 0.6 is 0 Å². The molecule has 9 nitrogen and oxygen atoms in total. The molecule has 1 N–H and O–H groups in total. The van der Waals surface area contributed by atoms with Gasteiger partial charge in [0.2, 0.25) is 0 Å². The molecule has 0 fully saturated rings. The van der Waals surface area contributed by atoms with Gasteiger partial charge in [-0.2, -0.15) is 4.68 Å². The van der Waals surface area contributed by atoms with E-state index in [1.54, 1.807) is 19.1 Å². The molecule has 0 radical (unpaired) electrons. The zero-order valence-corrected chi connectivity index (χ0v) is 16.2. The summed E-state index contributed by atoms with van der Waals surface area (Å²) in [5, 5.41) is 6.39. The van der Waals surface area contributed by atoms with Crippen molar-refractivity contribution in [2.24, 2.45) is 0 Å². The monoisotopic (exact) mass is 439 g/mol. The van der Waals surface area contributed by atoms with Gasteiger partial charge in [0.15, 0.2) is 0 Å². The summed E-state index contributed by atoms with van der Waals surface area (Å²) in [6.07, 6.45) is -5.74. The Hall–Kier alpha value is -3.96. The third kappa shape index (κ3) is 5.78. The van der Waals surface area contributed by atoms with Crippen LogP contribution in [0.5, 0.6) is 11.8 Å². The van der Waals surface area contributed by atoms with Crippen molar-refractivity contribution in [1.82, 2.24) is 9.78 Å². The van der Waals surface area contributed by atoms with Gasteiger partial charge in [0.05, 0.1) is 12.8 Å². The summed E-state index contributed by atoms with van der Waals surface area (Å²) in [6, 6.07) is 9.60. The lowest BCUT2D eigenvalue weighted by Crippen LogP contribution is -2.17. The van der Waals surface area contributed by atoms with Gasteiger partial charge in [-0.15, -0.1) is 13.2 Å². The Labute approximate surface area is 172 Å². The minimum Gasteiger partial charge on any atom is -0.452 e. The highest BCUT2D eigenvalue weighted by Gasteiger charge is 2.30. The lowest BCUT2D eigenvalue weighted by atomic mass is 10.2. The van der Waals surface area contributed by atoms with Crippen LogP contribution in [0.25, 0.3) is 5.69 Å². The maximum Gasteiger partial charge on any atom is 0.573 e. The van der Waals surface area contributed by atoms with Crippen LogP contribution in [-0.2, 0) is 11.3 Å². The highest BCUT2D eigenvalue weighted by Crippen LogP contribution is 2.23. The quantitative estimate of drug-likeness (QED) is 0.623. The lowest BCUT2D eigenvalue weighted by molar-refractivity contribution is -0.274. The average molecular weight is 439 g/mol. The first-order valence-corrected chi connectivity index (χ1v) is 8.68. The summed E-state index contributed by atoms with van der Waals surface area (Å²) in [4.78, 5) is 23.8. The van der Waals surface area contributed by atoms with E-state index < -0.39 is 18.2 Å². The Bertz CT molecular complexity index is 1120. The minimum atomic E-state index is -4.78. The molecule has 3 aromatic rings. The fourth-order valence-corrected chi connectivity index (χ4v) is 2.51. The topological polar surface area (TPSA) is 105 Å². The smallest absolute Gasteiger partial charge is 0.452 e. The van der Waals surface area contributed by atoms with Gasteiger partial charge in [0, 0.05) is 5.69 Å². The molecule has 3 rings (SSSR count). The first-order chi connectivity index (χ1) is 14.6. The van der Waals surface area contributed by atoms with Crippen LogP contribution in [0.3, 0.4) is 0 Å². The number of nitrogens with one attached hydrogen (secondary N) is 1. The zero-order valence-electron chi connectivity index (χ0n) is 16.2. The molecule has 0 unspecified atom stereocenters. The van der Waals surface area contributed by atoms with E-state index in [4.69, 9.17) is 13.9 Å². The number of aryl methyl sites for hydroxylation is 1. The molecule has 31 heavy (non-hydrogen) atoms. The first-order valence-electron chi connectivity index (χ1n) is 8.68. The van der Waals surface area contributed by atoms with Gasteiger partial charge >= 0.3 is 24.3 Å². The number of alkyl halides is 3. The molecule has 0 saturated heterocycles. The standard InChI is InChI=1S/C19H16F3N3O6/c1-11-9-13(25-18(27)30-17(24-25)28-2)5-8-15(11)23-16(26)29-10-12-3-6-14(7-4-12)31-19(20,21)22/h3-9H,10H2,1-2H3,(H,23,26). The van der Waals surface area contributed by atoms with Gasteiger partial charge in [0.25, 0.3) is 0 Å². The van der Waals surface area contributed by atoms with E-state index >= 15 is 0 Å². The fraction of sp³-hybridized carbons (Fsp3) is 0.211. The van der Waals surface area contributed by atoms with E-state index in [1.165, 1.54) is 25.3 Å². The summed E-state index contributed by atoms with van der Waals surface area (Å²) in [7, 11) is 1.31. The van der Waals surface area contributed by atoms with Crippen molar-refractivity contribution in [2.45, 2.75) is 19.9 Å². The van der Waals surface area contributed by atoms with Crippen LogP contribution in [0.4, 0.5) is 23.7 Å². The van der Waals surface area contributed by atoms with Crippen molar-refractivity contribution >= 4 is 11.8 Å². The van der Waals surface area contributed by atoms with Gasteiger partial charge in [-0.3, -0.25) is 5.32 Å². The second kappa shape index (κ2) is 8.81. The minimum absolute atomic E-state index is 0.163. The Morgan fingerprint density at radius 2 is 1.90 bits per heavy atom. The Morgan fingerprint density at radius 3 is 2.48 bits per heavy atom. The van der Waals surface area contributed by atoms with E-state index in [0.29, 0.717) is 22.5 Å². The van der Waals surface area contributed by atoms with E-state index in [1.807, 2.05) is 0 Å². The predicted molar refractivity (Wildman–Crippen MR) is 100 cm³/mol. The molecular formula is C19H16F3N3O6. The maximum absolute atomic E-state index is 12.2. The molecular weight excluding hydrogens is 423 g/mol. The average Bonchev–Trinajstić information content (AvgIpc) is 3.09. The van der Waals surface area contributed by atoms with Gasteiger partial charge in [0.1, 0.15) is 12.4 Å². The van der Waals surface area contributed by atoms with Crippen LogP contribution in [0.1, 0.15) is 11.1 Å². The van der Waals surface area contributed by atoms with Crippen molar-refractivity contribution in [3.05, 3.63) is 64.1 Å². The number of carbonyl (C=O) groups excluding carboxylic acids is 1. The van der Waals surface area contributed by atoms with Gasteiger partial charge in [-0.25, -0.2) is 9.59 Å². The Morgan fingerprint density at radius 1 is 1.19 bits per heavy atom. The summed E-state index contributed by atoms with van der Waals surface area (Å²) >= 11 is 0. The molecule has 0 saturated carbocycles. The molecule has 1 amide bonds. The number of aromatic nitrogens is 2. The Kier molecular flexibility index (Phi) is 6.18. The molecule has 0 aliphatic heterocycles. The van der Waals surface area contributed by atoms with Gasteiger partial charge in [-0.05, 0) is 48.4 Å². The number of rotatable bonds is 6. The number of amides is 1. The molecule has 0 atom stereocenters. The number of hydrogen-bond donors (Lipinski definition) is 1. The first kappa shape index (κ1) is 21.7. The van der Waals surface area contributed by atoms with Crippen LogP contribution in [-0.4, -0.2) is 29.3 Å². The fourth-order valence-electron chi connectivity index (χ4n) is 2.51. The molecule has 0 aliphatic carbocycles. The van der Waals surface area contributed by atoms with Crippen molar-refractivity contribution in [1.29, 1.82) is 0 Å². The summed E-state index contributed by atoms with van der Waals surface area (Å²) < 4.78 is 55.9. The summed E-state index contributed by atoms with van der Waals surface area (Å²) in [5.74, 6) is -1.11. The highest BCUT2D eigenvalue weighted by molar-refractivity contribution is 5.85. The van der Waals surface area contributed by atoms with Crippen LogP contribution in [0.2, 0.25) is 0 Å². The molecule has 1 aromatic heterocycles. The molecule has 1 heterocycles. The van der Waals surface area contributed by atoms with E-state index in [0.717, 1.165) is 16.8 Å². The van der Waals surface area contributed by atoms with Crippen molar-refractivity contribution in [3.63, 3.8) is 0 Å².